The number of benzene rings is 1. The molecule has 6 heteroatoms. The first-order valence-electron chi connectivity index (χ1n) is 4.35. The largest absolute Gasteiger partial charge is 0.488 e. The number of nitrogens with two attached hydrogens (primary N) is 1. The summed E-state index contributed by atoms with van der Waals surface area (Å²) in [7, 11) is 0. The van der Waals surface area contributed by atoms with Gasteiger partial charge in [-0.05, 0) is 13.0 Å². The normalized spacial score (nSPS) is 12.2. The van der Waals surface area contributed by atoms with E-state index in [0.717, 1.165) is 0 Å². The van der Waals surface area contributed by atoms with E-state index in [1.165, 1.54) is 18.2 Å². The number of nitrogens with zero attached hydrogens (tertiary/aromatic N) is 1. The zero-order valence-corrected chi connectivity index (χ0v) is 8.90. The molecule has 1 rings (SSSR count). The highest BCUT2D eigenvalue weighted by molar-refractivity contribution is 6.32. The van der Waals surface area contributed by atoms with Crippen molar-refractivity contribution in [3.8, 4) is 5.75 Å². The molecule has 0 heterocycles. The molecule has 0 radical (unpaired) electrons. The van der Waals surface area contributed by atoms with Gasteiger partial charge in [-0.3, -0.25) is 10.1 Å². The Kier molecular flexibility index (Phi) is 3.88. The molecule has 0 aliphatic carbocycles. The number of hydrogen-bond acceptors (Lipinski definition) is 4. The van der Waals surface area contributed by atoms with Gasteiger partial charge in [0.15, 0.2) is 0 Å². The number of ether oxygens (including phenoxy) is 1. The molecule has 0 fully saturated rings. The first-order valence-corrected chi connectivity index (χ1v) is 4.73. The molecule has 5 nitrogen and oxygen atoms in total. The summed E-state index contributed by atoms with van der Waals surface area (Å²) in [6.07, 6.45) is -0.232. The van der Waals surface area contributed by atoms with Crippen molar-refractivity contribution in [2.24, 2.45) is 5.73 Å². The van der Waals surface area contributed by atoms with Crippen LogP contribution in [0.1, 0.15) is 6.92 Å². The molecule has 0 aromatic heterocycles. The average molecular weight is 231 g/mol. The second-order valence-electron chi connectivity index (χ2n) is 3.04. The number of nitro groups is 1. The van der Waals surface area contributed by atoms with Gasteiger partial charge in [0.1, 0.15) is 11.9 Å². The third-order valence-corrected chi connectivity index (χ3v) is 2.10. The maximum Gasteiger partial charge on any atom is 0.273 e. The monoisotopic (exact) mass is 230 g/mol. The van der Waals surface area contributed by atoms with Gasteiger partial charge >= 0.3 is 0 Å². The molecule has 0 spiro atoms. The van der Waals surface area contributed by atoms with E-state index in [2.05, 4.69) is 0 Å². The van der Waals surface area contributed by atoms with Crippen molar-refractivity contribution in [2.75, 3.05) is 6.54 Å². The summed E-state index contributed by atoms with van der Waals surface area (Å²) in [5, 5.41) is 10.8. The van der Waals surface area contributed by atoms with E-state index in [-0.39, 0.29) is 17.5 Å². The Morgan fingerprint density at radius 1 is 1.67 bits per heavy atom. The molecular formula is C9H11ClN2O3. The number of nitro benzene ring substituents is 1. The molecule has 1 aromatic carbocycles. The highest BCUT2D eigenvalue weighted by atomic mass is 35.5. The van der Waals surface area contributed by atoms with Gasteiger partial charge in [0.25, 0.3) is 5.69 Å². The zero-order valence-electron chi connectivity index (χ0n) is 8.14. The summed E-state index contributed by atoms with van der Waals surface area (Å²) in [5.74, 6) is 0.281. The number of halogens is 1. The molecule has 1 aromatic rings. The zero-order chi connectivity index (χ0) is 11.4. The lowest BCUT2D eigenvalue weighted by molar-refractivity contribution is -0.384. The highest BCUT2D eigenvalue weighted by Gasteiger charge is 2.12. The molecule has 0 aliphatic rings. The van der Waals surface area contributed by atoms with E-state index >= 15 is 0 Å². The number of hydrogen-bond donors (Lipinski definition) is 1. The van der Waals surface area contributed by atoms with Crippen molar-refractivity contribution in [1.82, 2.24) is 0 Å². The maximum absolute atomic E-state index is 10.5. The minimum absolute atomic E-state index is 0.0568. The van der Waals surface area contributed by atoms with Crippen molar-refractivity contribution >= 4 is 17.3 Å². The summed E-state index contributed by atoms with van der Waals surface area (Å²) in [5.41, 5.74) is 5.31. The lowest BCUT2D eigenvalue weighted by Crippen LogP contribution is -2.22. The topological polar surface area (TPSA) is 78.4 Å². The van der Waals surface area contributed by atoms with Gasteiger partial charge in [-0.1, -0.05) is 11.6 Å². The number of rotatable bonds is 4. The standard InChI is InChI=1S/C9H11ClN2O3/c1-6(5-11)15-9-4-7(12(13)14)2-3-8(9)10/h2-4,6H,5,11H2,1H3. The molecular weight excluding hydrogens is 220 g/mol. The first-order chi connectivity index (χ1) is 7.04. The fourth-order valence-corrected chi connectivity index (χ4v) is 1.12. The highest BCUT2D eigenvalue weighted by Crippen LogP contribution is 2.29. The second kappa shape index (κ2) is 4.95. The molecule has 1 atom stereocenters. The van der Waals surface area contributed by atoms with Crippen molar-refractivity contribution < 1.29 is 9.66 Å². The van der Waals surface area contributed by atoms with Gasteiger partial charge in [-0.15, -0.1) is 0 Å². The van der Waals surface area contributed by atoms with Crippen molar-refractivity contribution in [3.63, 3.8) is 0 Å². The Morgan fingerprint density at radius 3 is 2.87 bits per heavy atom. The molecule has 0 amide bonds. The summed E-state index contributed by atoms with van der Waals surface area (Å²) >= 11 is 5.81. The van der Waals surface area contributed by atoms with Crippen LogP contribution in [0, 0.1) is 10.1 Å². The Labute approximate surface area is 91.9 Å². The summed E-state index contributed by atoms with van der Waals surface area (Å²) in [4.78, 5) is 10.00. The maximum atomic E-state index is 10.5. The van der Waals surface area contributed by atoms with Gasteiger partial charge in [-0.25, -0.2) is 0 Å². The SMILES string of the molecule is CC(CN)Oc1cc([N+](=O)[O-])ccc1Cl. The van der Waals surface area contributed by atoms with E-state index in [0.29, 0.717) is 11.6 Å². The van der Waals surface area contributed by atoms with Crippen LogP contribution >= 0.6 is 11.6 Å². The molecule has 0 saturated carbocycles. The van der Waals surface area contributed by atoms with E-state index in [1.54, 1.807) is 6.92 Å². The third-order valence-electron chi connectivity index (χ3n) is 1.79. The van der Waals surface area contributed by atoms with Gasteiger partial charge in [0.2, 0.25) is 0 Å². The van der Waals surface area contributed by atoms with Gasteiger partial charge in [0, 0.05) is 12.6 Å². The van der Waals surface area contributed by atoms with Crippen LogP contribution in [0.3, 0.4) is 0 Å². The molecule has 2 N–H and O–H groups in total. The van der Waals surface area contributed by atoms with E-state index < -0.39 is 4.92 Å². The van der Waals surface area contributed by atoms with Gasteiger partial charge < -0.3 is 10.5 Å². The fourth-order valence-electron chi connectivity index (χ4n) is 0.961. The van der Waals surface area contributed by atoms with Crippen LogP contribution in [0.15, 0.2) is 18.2 Å². The number of non-ortho nitro benzene ring substituents is 1. The van der Waals surface area contributed by atoms with E-state index in [1.807, 2.05) is 0 Å². The Morgan fingerprint density at radius 2 is 2.33 bits per heavy atom. The molecule has 0 saturated heterocycles. The average Bonchev–Trinajstić information content (AvgIpc) is 2.20. The lowest BCUT2D eigenvalue weighted by atomic mass is 10.3. The van der Waals surface area contributed by atoms with Crippen LogP contribution in [0.4, 0.5) is 5.69 Å². The van der Waals surface area contributed by atoms with Crippen LogP contribution in [0.25, 0.3) is 0 Å². The van der Waals surface area contributed by atoms with Crippen molar-refractivity contribution in [1.29, 1.82) is 0 Å². The minimum atomic E-state index is -0.504. The van der Waals surface area contributed by atoms with Gasteiger partial charge in [0.05, 0.1) is 16.0 Å². The summed E-state index contributed by atoms with van der Waals surface area (Å²) in [6.45, 7) is 2.08. The summed E-state index contributed by atoms with van der Waals surface area (Å²) < 4.78 is 5.32. The summed E-state index contributed by atoms with van der Waals surface area (Å²) in [6, 6.07) is 4.04. The first kappa shape index (κ1) is 11.7. The van der Waals surface area contributed by atoms with Crippen LogP contribution in [0.5, 0.6) is 5.75 Å². The van der Waals surface area contributed by atoms with Crippen LogP contribution < -0.4 is 10.5 Å². The smallest absolute Gasteiger partial charge is 0.273 e. The van der Waals surface area contributed by atoms with E-state index in [9.17, 15) is 10.1 Å². The molecule has 0 bridgehead atoms. The van der Waals surface area contributed by atoms with Crippen LogP contribution in [0.2, 0.25) is 5.02 Å². The third kappa shape index (κ3) is 3.07. The molecule has 0 aliphatic heterocycles. The fraction of sp³-hybridized carbons (Fsp3) is 0.333. The Balaban J connectivity index is 2.95. The Bertz CT molecular complexity index is 370. The predicted octanol–water partition coefficient (Wildman–Crippen LogP) is 1.97. The predicted molar refractivity (Wildman–Crippen MR) is 57.3 cm³/mol. The Hall–Kier alpha value is -1.33. The van der Waals surface area contributed by atoms with Crippen molar-refractivity contribution in [3.05, 3.63) is 33.3 Å². The molecule has 82 valence electrons. The van der Waals surface area contributed by atoms with Crippen LogP contribution in [-0.2, 0) is 0 Å². The van der Waals surface area contributed by atoms with Crippen molar-refractivity contribution in [2.45, 2.75) is 13.0 Å². The molecule has 15 heavy (non-hydrogen) atoms. The molecule has 1 unspecified atom stereocenters. The van der Waals surface area contributed by atoms with Gasteiger partial charge in [-0.2, -0.15) is 0 Å². The quantitative estimate of drug-likeness (QED) is 0.634. The lowest BCUT2D eigenvalue weighted by Gasteiger charge is -2.13. The van der Waals surface area contributed by atoms with E-state index in [4.69, 9.17) is 22.1 Å². The second-order valence-corrected chi connectivity index (χ2v) is 3.44. The van der Waals surface area contributed by atoms with Crippen LogP contribution in [-0.4, -0.2) is 17.6 Å². The minimum Gasteiger partial charge on any atom is -0.488 e.